The maximum absolute atomic E-state index is 12.2. The van der Waals surface area contributed by atoms with Crippen molar-refractivity contribution in [3.63, 3.8) is 0 Å². The molecule has 0 atom stereocenters. The second kappa shape index (κ2) is 7.42. The van der Waals surface area contributed by atoms with E-state index in [9.17, 15) is 9.59 Å². The summed E-state index contributed by atoms with van der Waals surface area (Å²) in [5.74, 6) is -0.303. The van der Waals surface area contributed by atoms with Crippen LogP contribution >= 0.6 is 11.3 Å². The van der Waals surface area contributed by atoms with Crippen LogP contribution in [0.4, 0.5) is 0 Å². The van der Waals surface area contributed by atoms with E-state index in [1.807, 2.05) is 39.0 Å². The molecule has 0 aliphatic rings. The molecule has 1 heterocycles. The van der Waals surface area contributed by atoms with Crippen molar-refractivity contribution in [2.45, 2.75) is 27.3 Å². The lowest BCUT2D eigenvalue weighted by Gasteiger charge is -2.19. The van der Waals surface area contributed by atoms with Gasteiger partial charge in [0.15, 0.2) is 0 Å². The molecule has 2 rings (SSSR count). The van der Waals surface area contributed by atoms with Crippen molar-refractivity contribution in [2.24, 2.45) is 0 Å². The highest BCUT2D eigenvalue weighted by molar-refractivity contribution is 7.13. The van der Waals surface area contributed by atoms with Gasteiger partial charge in [0.1, 0.15) is 0 Å². The summed E-state index contributed by atoms with van der Waals surface area (Å²) in [4.78, 5) is 27.5. The van der Waals surface area contributed by atoms with E-state index in [1.165, 1.54) is 22.5 Å². The van der Waals surface area contributed by atoms with E-state index in [4.69, 9.17) is 0 Å². The number of nitrogens with zero attached hydrogens (tertiary/aromatic N) is 1. The van der Waals surface area contributed by atoms with Crippen LogP contribution in [0.3, 0.4) is 0 Å². The average molecular weight is 330 g/mol. The number of amides is 2. The Kier molecular flexibility index (Phi) is 5.55. The van der Waals surface area contributed by atoms with Crippen LogP contribution in [-0.4, -0.2) is 30.3 Å². The maximum atomic E-state index is 12.2. The Morgan fingerprint density at radius 3 is 2.48 bits per heavy atom. The van der Waals surface area contributed by atoms with Gasteiger partial charge in [-0.1, -0.05) is 23.8 Å². The van der Waals surface area contributed by atoms with E-state index in [1.54, 1.807) is 18.0 Å². The second-order valence-electron chi connectivity index (χ2n) is 5.77. The zero-order valence-corrected chi connectivity index (χ0v) is 14.8. The molecule has 1 N–H and O–H groups in total. The molecule has 1 aromatic carbocycles. The summed E-state index contributed by atoms with van der Waals surface area (Å²) in [6.45, 7) is 6.59. The SMILES string of the molecule is Cc1ccc(CN(C)C(=O)CNC(=O)c2ccc(C)s2)c(C)c1. The van der Waals surface area contributed by atoms with Crippen molar-refractivity contribution in [1.82, 2.24) is 10.2 Å². The summed E-state index contributed by atoms with van der Waals surface area (Å²) in [6.07, 6.45) is 0. The van der Waals surface area contributed by atoms with Crippen LogP contribution in [0.2, 0.25) is 0 Å². The number of thiophene rings is 1. The standard InChI is InChI=1S/C18H22N2O2S/c1-12-5-7-15(13(2)9-12)11-20(4)17(21)10-19-18(22)16-8-6-14(3)23-16/h5-9H,10-11H2,1-4H3,(H,19,22). The number of rotatable bonds is 5. The maximum Gasteiger partial charge on any atom is 0.261 e. The monoisotopic (exact) mass is 330 g/mol. The Labute approximate surface area is 141 Å². The van der Waals surface area contributed by atoms with Crippen molar-refractivity contribution in [2.75, 3.05) is 13.6 Å². The Hall–Kier alpha value is -2.14. The molecule has 0 saturated carbocycles. The van der Waals surface area contributed by atoms with Gasteiger partial charge in [-0.05, 0) is 44.0 Å². The summed E-state index contributed by atoms with van der Waals surface area (Å²) in [6, 6.07) is 9.87. The molecule has 0 radical (unpaired) electrons. The fourth-order valence-corrected chi connectivity index (χ4v) is 3.09. The molecule has 0 bridgehead atoms. The molecule has 2 amide bonds. The lowest BCUT2D eigenvalue weighted by molar-refractivity contribution is -0.129. The van der Waals surface area contributed by atoms with Gasteiger partial charge in [0, 0.05) is 18.5 Å². The predicted octanol–water partition coefficient (Wildman–Crippen LogP) is 3.06. The lowest BCUT2D eigenvalue weighted by Crippen LogP contribution is -2.37. The number of benzene rings is 1. The number of carbonyl (C=O) groups is 2. The first-order valence-corrected chi connectivity index (χ1v) is 8.33. The van der Waals surface area contributed by atoms with Crippen LogP contribution in [0.15, 0.2) is 30.3 Å². The third-order valence-electron chi connectivity index (χ3n) is 3.70. The molecule has 0 spiro atoms. The molecular formula is C18H22N2O2S. The molecule has 4 nitrogen and oxygen atoms in total. The third kappa shape index (κ3) is 4.66. The number of carbonyl (C=O) groups excluding carboxylic acids is 2. The zero-order chi connectivity index (χ0) is 17.0. The molecule has 23 heavy (non-hydrogen) atoms. The molecule has 0 aliphatic heterocycles. The number of aryl methyl sites for hydroxylation is 3. The summed E-state index contributed by atoms with van der Waals surface area (Å²) in [5, 5.41) is 2.68. The van der Waals surface area contributed by atoms with Gasteiger partial charge < -0.3 is 10.2 Å². The van der Waals surface area contributed by atoms with Gasteiger partial charge in [-0.2, -0.15) is 0 Å². The number of hydrogen-bond donors (Lipinski definition) is 1. The summed E-state index contributed by atoms with van der Waals surface area (Å²) in [7, 11) is 1.75. The smallest absolute Gasteiger partial charge is 0.261 e. The summed E-state index contributed by atoms with van der Waals surface area (Å²) < 4.78 is 0. The molecule has 0 unspecified atom stereocenters. The highest BCUT2D eigenvalue weighted by atomic mass is 32.1. The van der Waals surface area contributed by atoms with E-state index in [0.29, 0.717) is 11.4 Å². The van der Waals surface area contributed by atoms with Crippen molar-refractivity contribution >= 4 is 23.2 Å². The molecule has 0 aliphatic carbocycles. The van der Waals surface area contributed by atoms with Crippen molar-refractivity contribution in [3.05, 3.63) is 56.8 Å². The van der Waals surface area contributed by atoms with Gasteiger partial charge in [-0.25, -0.2) is 0 Å². The fraction of sp³-hybridized carbons (Fsp3) is 0.333. The van der Waals surface area contributed by atoms with Crippen LogP contribution in [0.1, 0.15) is 31.2 Å². The van der Waals surface area contributed by atoms with E-state index < -0.39 is 0 Å². The number of hydrogen-bond acceptors (Lipinski definition) is 3. The third-order valence-corrected chi connectivity index (χ3v) is 4.70. The molecule has 5 heteroatoms. The van der Waals surface area contributed by atoms with Crippen LogP contribution in [0.5, 0.6) is 0 Å². The van der Waals surface area contributed by atoms with Gasteiger partial charge in [-0.3, -0.25) is 9.59 Å². The van der Waals surface area contributed by atoms with Crippen LogP contribution < -0.4 is 5.32 Å². The molecule has 0 saturated heterocycles. The largest absolute Gasteiger partial charge is 0.342 e. The number of likely N-dealkylation sites (N-methyl/N-ethyl adjacent to an activating group) is 1. The minimum Gasteiger partial charge on any atom is -0.342 e. The summed E-state index contributed by atoms with van der Waals surface area (Å²) >= 11 is 1.42. The van der Waals surface area contributed by atoms with Gasteiger partial charge in [0.05, 0.1) is 11.4 Å². The lowest BCUT2D eigenvalue weighted by atomic mass is 10.1. The fourth-order valence-electron chi connectivity index (χ4n) is 2.30. The van der Waals surface area contributed by atoms with Crippen LogP contribution in [0.25, 0.3) is 0 Å². The first kappa shape index (κ1) is 17.2. The Balaban J connectivity index is 1.88. The quantitative estimate of drug-likeness (QED) is 0.916. The molecule has 2 aromatic rings. The summed E-state index contributed by atoms with van der Waals surface area (Å²) in [5.41, 5.74) is 3.49. The van der Waals surface area contributed by atoms with Gasteiger partial charge >= 0.3 is 0 Å². The average Bonchev–Trinajstić information content (AvgIpc) is 2.93. The van der Waals surface area contributed by atoms with Crippen LogP contribution in [0, 0.1) is 20.8 Å². The Morgan fingerprint density at radius 2 is 1.87 bits per heavy atom. The molecule has 0 fully saturated rings. The van der Waals surface area contributed by atoms with E-state index in [0.717, 1.165) is 10.4 Å². The minimum atomic E-state index is -0.198. The minimum absolute atomic E-state index is 0.0111. The Morgan fingerprint density at radius 1 is 1.13 bits per heavy atom. The van der Waals surface area contributed by atoms with Gasteiger partial charge in [0.2, 0.25) is 5.91 Å². The van der Waals surface area contributed by atoms with Crippen molar-refractivity contribution < 1.29 is 9.59 Å². The molecular weight excluding hydrogens is 308 g/mol. The normalized spacial score (nSPS) is 10.4. The topological polar surface area (TPSA) is 49.4 Å². The first-order chi connectivity index (χ1) is 10.9. The molecule has 1 aromatic heterocycles. The zero-order valence-electron chi connectivity index (χ0n) is 14.0. The predicted molar refractivity (Wildman–Crippen MR) is 93.8 cm³/mol. The first-order valence-electron chi connectivity index (χ1n) is 7.51. The molecule has 122 valence electrons. The van der Waals surface area contributed by atoms with E-state index in [-0.39, 0.29) is 18.4 Å². The Bertz CT molecular complexity index is 722. The highest BCUT2D eigenvalue weighted by Gasteiger charge is 2.13. The van der Waals surface area contributed by atoms with Gasteiger partial charge in [-0.15, -0.1) is 11.3 Å². The number of nitrogens with one attached hydrogen (secondary N) is 1. The van der Waals surface area contributed by atoms with E-state index in [2.05, 4.69) is 11.4 Å². The van der Waals surface area contributed by atoms with Crippen molar-refractivity contribution in [3.8, 4) is 0 Å². The highest BCUT2D eigenvalue weighted by Crippen LogP contribution is 2.15. The van der Waals surface area contributed by atoms with Crippen molar-refractivity contribution in [1.29, 1.82) is 0 Å². The van der Waals surface area contributed by atoms with E-state index >= 15 is 0 Å². The van der Waals surface area contributed by atoms with Gasteiger partial charge in [0.25, 0.3) is 5.91 Å². The second-order valence-corrected chi connectivity index (χ2v) is 7.06. The van der Waals surface area contributed by atoms with Crippen LogP contribution in [-0.2, 0) is 11.3 Å².